The first-order valence-corrected chi connectivity index (χ1v) is 3.68. The summed E-state index contributed by atoms with van der Waals surface area (Å²) in [5, 5.41) is 36.2. The minimum Gasteiger partial charge on any atom is -0.550 e. The van der Waals surface area contributed by atoms with Crippen molar-refractivity contribution in [3.8, 4) is 0 Å². The zero-order valence-corrected chi connectivity index (χ0v) is 10.6. The number of rotatable bonds is 6. The Morgan fingerprint density at radius 2 is 1.71 bits per heavy atom. The van der Waals surface area contributed by atoms with Gasteiger partial charge in [0, 0.05) is 12.4 Å². The third-order valence-corrected chi connectivity index (χ3v) is 1.43. The van der Waals surface area contributed by atoms with Crippen molar-refractivity contribution in [2.45, 2.75) is 18.4 Å². The van der Waals surface area contributed by atoms with Crippen LogP contribution in [-0.2, 0) is 19.2 Å². The second-order valence-electron chi connectivity index (χ2n) is 2.75. The molecule has 2 N–H and O–H groups in total. The molecular formula is C6H6NNaO9. The first-order valence-electron chi connectivity index (χ1n) is 3.68. The van der Waals surface area contributed by atoms with E-state index in [0.29, 0.717) is 0 Å². The van der Waals surface area contributed by atoms with E-state index in [1.54, 1.807) is 0 Å². The summed E-state index contributed by atoms with van der Waals surface area (Å²) in [6, 6.07) is 0. The van der Waals surface area contributed by atoms with E-state index in [-0.39, 0.29) is 29.6 Å². The molecule has 0 heterocycles. The molecule has 0 radical (unpaired) electrons. The van der Waals surface area contributed by atoms with E-state index in [0.717, 1.165) is 0 Å². The number of aliphatic hydroxyl groups is 1. The Morgan fingerprint density at radius 3 is 2.00 bits per heavy atom. The van der Waals surface area contributed by atoms with Gasteiger partial charge in [-0.05, 0) is 0 Å². The summed E-state index contributed by atoms with van der Waals surface area (Å²) in [6.45, 7) is 0. The molecule has 0 rings (SSSR count). The van der Waals surface area contributed by atoms with Gasteiger partial charge in [0.15, 0.2) is 0 Å². The predicted molar refractivity (Wildman–Crippen MR) is 35.7 cm³/mol. The number of carboxylic acid groups (broad SMARTS) is 2. The molecule has 0 fully saturated rings. The first kappa shape index (κ1) is 18.1. The summed E-state index contributed by atoms with van der Waals surface area (Å²) < 4.78 is 0. The number of carbonyl (C=O) groups is 3. The van der Waals surface area contributed by atoms with Gasteiger partial charge in [-0.25, -0.2) is 4.79 Å². The largest absolute Gasteiger partial charge is 1.00 e. The normalized spacial score (nSPS) is 12.8. The topological polar surface area (TPSA) is 167 Å². The van der Waals surface area contributed by atoms with Gasteiger partial charge >= 0.3 is 40.6 Å². The van der Waals surface area contributed by atoms with E-state index < -0.39 is 41.4 Å². The van der Waals surface area contributed by atoms with Crippen LogP contribution in [0.3, 0.4) is 0 Å². The Morgan fingerprint density at radius 1 is 1.24 bits per heavy atom. The van der Waals surface area contributed by atoms with Gasteiger partial charge in [0.2, 0.25) is 0 Å². The monoisotopic (exact) mass is 259 g/mol. The van der Waals surface area contributed by atoms with Crippen LogP contribution in [0.15, 0.2) is 0 Å². The van der Waals surface area contributed by atoms with Crippen LogP contribution in [0.4, 0.5) is 0 Å². The predicted octanol–water partition coefficient (Wildman–Crippen LogP) is -7.37. The zero-order chi connectivity index (χ0) is 12.9. The van der Waals surface area contributed by atoms with Crippen molar-refractivity contribution in [1.82, 2.24) is 0 Å². The van der Waals surface area contributed by atoms with Crippen LogP contribution in [0.5, 0.6) is 0 Å². The van der Waals surface area contributed by atoms with E-state index in [1.807, 2.05) is 0 Å². The molecule has 0 aromatic heterocycles. The van der Waals surface area contributed by atoms with Crippen LogP contribution in [-0.4, -0.2) is 38.9 Å². The van der Waals surface area contributed by atoms with Crippen molar-refractivity contribution in [1.29, 1.82) is 0 Å². The minimum atomic E-state index is -3.08. The molecule has 11 heteroatoms. The van der Waals surface area contributed by atoms with Crippen molar-refractivity contribution in [2.24, 2.45) is 0 Å². The molecule has 0 saturated carbocycles. The van der Waals surface area contributed by atoms with E-state index in [2.05, 4.69) is 4.84 Å². The summed E-state index contributed by atoms with van der Waals surface area (Å²) in [7, 11) is 0. The Labute approximate surface area is 116 Å². The van der Waals surface area contributed by atoms with Crippen LogP contribution in [0.2, 0.25) is 0 Å². The van der Waals surface area contributed by atoms with Gasteiger partial charge in [0.1, 0.15) is 10.5 Å². The van der Waals surface area contributed by atoms with E-state index in [1.165, 1.54) is 0 Å². The molecular weight excluding hydrogens is 253 g/mol. The van der Waals surface area contributed by atoms with E-state index in [4.69, 9.17) is 10.3 Å². The molecule has 1 unspecified atom stereocenters. The van der Waals surface area contributed by atoms with Crippen molar-refractivity contribution < 1.29 is 74.4 Å². The molecule has 0 spiro atoms. The second kappa shape index (κ2) is 7.17. The first-order chi connectivity index (χ1) is 7.17. The minimum absolute atomic E-state index is 0. The smallest absolute Gasteiger partial charge is 0.550 e. The van der Waals surface area contributed by atoms with Gasteiger partial charge < -0.3 is 24.9 Å². The molecule has 17 heavy (non-hydrogen) atoms. The van der Waals surface area contributed by atoms with Gasteiger partial charge in [-0.2, -0.15) is 5.21 Å². The molecule has 10 nitrogen and oxygen atoms in total. The summed E-state index contributed by atoms with van der Waals surface area (Å²) in [5.41, 5.74) is -3.08. The quantitative estimate of drug-likeness (QED) is 0.347. The van der Waals surface area contributed by atoms with Crippen molar-refractivity contribution in [2.75, 3.05) is 0 Å². The van der Waals surface area contributed by atoms with Gasteiger partial charge in [-0.15, -0.1) is 4.84 Å². The Bertz CT molecular complexity index is 342. The summed E-state index contributed by atoms with van der Waals surface area (Å²) in [6.07, 6.45) is -2.84. The Hall–Kier alpha value is -1.23. The maximum Gasteiger partial charge on any atom is 1.00 e. The molecule has 1 atom stereocenters. The average Bonchev–Trinajstić information content (AvgIpc) is 1.98. The summed E-state index contributed by atoms with van der Waals surface area (Å²) in [5.74, 6) is -5.88. The van der Waals surface area contributed by atoms with E-state index >= 15 is 0 Å². The van der Waals surface area contributed by atoms with Crippen LogP contribution in [0, 0.1) is 4.91 Å². The number of aliphatic carboxylic acids is 2. The Balaban J connectivity index is 0. The Kier molecular flexibility index (Phi) is 7.65. The average molecular weight is 259 g/mol. The van der Waals surface area contributed by atoms with Crippen LogP contribution < -0.4 is 39.8 Å². The van der Waals surface area contributed by atoms with Crippen molar-refractivity contribution in [3.05, 3.63) is 4.91 Å². The van der Waals surface area contributed by atoms with Crippen LogP contribution >= 0.6 is 0 Å². The van der Waals surface area contributed by atoms with Crippen LogP contribution in [0.25, 0.3) is 0 Å². The summed E-state index contributed by atoms with van der Waals surface area (Å²) in [4.78, 5) is 44.3. The molecule has 0 bridgehead atoms. The molecule has 0 aliphatic rings. The summed E-state index contributed by atoms with van der Waals surface area (Å²) >= 11 is 0. The van der Waals surface area contributed by atoms with Crippen LogP contribution in [0.1, 0.15) is 12.8 Å². The van der Waals surface area contributed by atoms with E-state index in [9.17, 15) is 29.5 Å². The number of nitrogens with zero attached hydrogens (tertiary/aromatic N) is 1. The van der Waals surface area contributed by atoms with Crippen molar-refractivity contribution in [3.63, 3.8) is 0 Å². The fourth-order valence-electron chi connectivity index (χ4n) is 0.804. The molecule has 0 aliphatic heterocycles. The zero-order valence-electron chi connectivity index (χ0n) is 8.61. The van der Waals surface area contributed by atoms with Gasteiger partial charge in [-0.3, -0.25) is 0 Å². The number of carboxylic acids is 2. The van der Waals surface area contributed by atoms with Crippen molar-refractivity contribution >= 4 is 17.9 Å². The third-order valence-electron chi connectivity index (χ3n) is 1.43. The molecule has 90 valence electrons. The second-order valence-corrected chi connectivity index (χ2v) is 2.75. The van der Waals surface area contributed by atoms with Gasteiger partial charge in [0.25, 0.3) is 0 Å². The molecule has 0 amide bonds. The molecule has 0 aromatic rings. The SMILES string of the molecule is O=C([O-])CC(O)(CC(=O)O[N+](=O)O)C(=O)[O-].[Na+]. The standard InChI is InChI=1S/C6H7NO9.Na/c8-3(9)1-6(13,5(11)12)2-4(10)16-7(14)15;/h13H,1-2H2,(H2-,8,9,11,12,14,15);/q;+1/p-1. The third kappa shape index (κ3) is 6.84. The molecule has 0 aromatic carbocycles. The maximum absolute atomic E-state index is 10.7. The molecule has 0 saturated heterocycles. The fraction of sp³-hybridized carbons (Fsp3) is 0.500. The fourth-order valence-corrected chi connectivity index (χ4v) is 0.804. The maximum atomic E-state index is 10.7. The van der Waals surface area contributed by atoms with Gasteiger partial charge in [0.05, 0.1) is 12.4 Å². The number of hydrogen-bond donors (Lipinski definition) is 2. The number of carbonyl (C=O) groups excluding carboxylic acids is 3. The van der Waals surface area contributed by atoms with Gasteiger partial charge in [-0.1, -0.05) is 0 Å². The number of hydrogen-bond acceptors (Lipinski definition) is 8. The molecule has 0 aliphatic carbocycles.